The Morgan fingerprint density at radius 2 is 2.29 bits per heavy atom. The van der Waals surface area contributed by atoms with E-state index in [0.717, 1.165) is 0 Å². The van der Waals surface area contributed by atoms with E-state index in [2.05, 4.69) is 20.9 Å². The van der Waals surface area contributed by atoms with Crippen LogP contribution in [0, 0.1) is 0 Å². The molecule has 0 radical (unpaired) electrons. The number of urea groups is 1. The van der Waals surface area contributed by atoms with Gasteiger partial charge in [-0.05, 0) is 13.3 Å². The van der Waals surface area contributed by atoms with Crippen LogP contribution in [0.3, 0.4) is 0 Å². The van der Waals surface area contributed by atoms with Gasteiger partial charge in [0.25, 0.3) is 0 Å². The van der Waals surface area contributed by atoms with Crippen LogP contribution >= 0.6 is 11.6 Å². The lowest BCUT2D eigenvalue weighted by Crippen LogP contribution is -2.42. The highest BCUT2D eigenvalue weighted by Crippen LogP contribution is 1.91. The van der Waals surface area contributed by atoms with Crippen LogP contribution in [0.1, 0.15) is 13.3 Å². The fraction of sp³-hybridized carbons (Fsp3) is 0.556. The summed E-state index contributed by atoms with van der Waals surface area (Å²) in [6, 6.07) is -0.541. The van der Waals surface area contributed by atoms with Gasteiger partial charge < -0.3 is 5.32 Å². The van der Waals surface area contributed by atoms with Gasteiger partial charge in [0.1, 0.15) is 5.38 Å². The third-order valence-corrected chi connectivity index (χ3v) is 2.12. The molecule has 0 spiro atoms. The lowest BCUT2D eigenvalue weighted by molar-refractivity contribution is -0.119. The molecule has 7 nitrogen and oxygen atoms in total. The maximum absolute atomic E-state index is 11.2. The van der Waals surface area contributed by atoms with E-state index in [1.54, 1.807) is 17.1 Å². The van der Waals surface area contributed by atoms with Crippen molar-refractivity contribution in [3.63, 3.8) is 0 Å². The van der Waals surface area contributed by atoms with Crippen molar-refractivity contribution >= 4 is 23.5 Å². The highest BCUT2D eigenvalue weighted by molar-refractivity contribution is 6.31. The number of alkyl halides is 1. The Kier molecular flexibility index (Phi) is 5.41. The van der Waals surface area contributed by atoms with Crippen LogP contribution in [0.4, 0.5) is 4.79 Å². The first-order valence-electron chi connectivity index (χ1n) is 5.16. The molecule has 0 aliphatic carbocycles. The molecule has 1 aromatic rings. The zero-order chi connectivity index (χ0) is 12.7. The monoisotopic (exact) mass is 259 g/mol. The summed E-state index contributed by atoms with van der Waals surface area (Å²) < 4.78 is 1.66. The smallest absolute Gasteiger partial charge is 0.321 e. The summed E-state index contributed by atoms with van der Waals surface area (Å²) >= 11 is 5.49. The van der Waals surface area contributed by atoms with E-state index < -0.39 is 17.3 Å². The van der Waals surface area contributed by atoms with Gasteiger partial charge in [-0.25, -0.2) is 4.79 Å². The van der Waals surface area contributed by atoms with Gasteiger partial charge in [0.15, 0.2) is 0 Å². The van der Waals surface area contributed by atoms with Crippen molar-refractivity contribution in [2.75, 3.05) is 6.54 Å². The molecule has 3 amide bonds. The highest BCUT2D eigenvalue weighted by atomic mass is 35.5. The fourth-order valence-electron chi connectivity index (χ4n) is 1.05. The van der Waals surface area contributed by atoms with Gasteiger partial charge in [-0.15, -0.1) is 16.7 Å². The largest absolute Gasteiger partial charge is 0.338 e. The molecule has 8 heteroatoms. The number of carbonyl (C=O) groups excluding carboxylic acids is 2. The number of rotatable bonds is 5. The van der Waals surface area contributed by atoms with Gasteiger partial charge >= 0.3 is 6.03 Å². The minimum Gasteiger partial charge on any atom is -0.338 e. The Labute approximate surface area is 104 Å². The molecular weight excluding hydrogens is 246 g/mol. The molecule has 0 bridgehead atoms. The summed E-state index contributed by atoms with van der Waals surface area (Å²) in [6.45, 7) is 2.59. The SMILES string of the molecule is CC(Cl)C(=O)NC(=O)NCCCn1ccnn1. The molecule has 0 aromatic carbocycles. The molecule has 1 heterocycles. The number of nitrogens with zero attached hydrogens (tertiary/aromatic N) is 3. The van der Waals surface area contributed by atoms with Crippen LogP contribution in [0.5, 0.6) is 0 Å². The Balaban J connectivity index is 2.10. The molecule has 0 saturated carbocycles. The van der Waals surface area contributed by atoms with Crippen LogP contribution in [0.2, 0.25) is 0 Å². The van der Waals surface area contributed by atoms with Gasteiger partial charge in [0.05, 0.1) is 6.20 Å². The van der Waals surface area contributed by atoms with Crippen molar-refractivity contribution in [1.82, 2.24) is 25.6 Å². The van der Waals surface area contributed by atoms with Crippen LogP contribution in [0.15, 0.2) is 12.4 Å². The molecule has 0 saturated heterocycles. The Bertz CT molecular complexity index is 365. The van der Waals surface area contributed by atoms with Gasteiger partial charge in [0.2, 0.25) is 5.91 Å². The Hall–Kier alpha value is -1.63. The summed E-state index contributed by atoms with van der Waals surface area (Å²) in [5.41, 5.74) is 0. The van der Waals surface area contributed by atoms with Crippen molar-refractivity contribution in [1.29, 1.82) is 0 Å². The van der Waals surface area contributed by atoms with Crippen molar-refractivity contribution < 1.29 is 9.59 Å². The first-order chi connectivity index (χ1) is 8.09. The van der Waals surface area contributed by atoms with E-state index in [4.69, 9.17) is 11.6 Å². The highest BCUT2D eigenvalue weighted by Gasteiger charge is 2.11. The third kappa shape index (κ3) is 5.30. The minimum atomic E-state index is -0.726. The van der Waals surface area contributed by atoms with Gasteiger partial charge in [-0.3, -0.25) is 14.8 Å². The standard InChI is InChI=1S/C9H14ClN5O2/c1-7(10)8(16)13-9(17)11-3-2-5-15-6-4-12-14-15/h4,6-7H,2-3,5H2,1H3,(H2,11,13,16,17). The first kappa shape index (κ1) is 13.4. The molecule has 2 N–H and O–H groups in total. The summed E-state index contributed by atoms with van der Waals surface area (Å²) in [5.74, 6) is -0.513. The average Bonchev–Trinajstić information content (AvgIpc) is 2.77. The second kappa shape index (κ2) is 6.85. The number of nitrogens with one attached hydrogen (secondary N) is 2. The van der Waals surface area contributed by atoms with Gasteiger partial charge in [0, 0.05) is 19.3 Å². The van der Waals surface area contributed by atoms with Crippen molar-refractivity contribution in [3.8, 4) is 0 Å². The second-order valence-corrected chi connectivity index (χ2v) is 4.04. The summed E-state index contributed by atoms with van der Waals surface area (Å²) in [6.07, 6.45) is 4.01. The number of imide groups is 1. The number of carbonyl (C=O) groups is 2. The van der Waals surface area contributed by atoms with Crippen molar-refractivity contribution in [2.24, 2.45) is 0 Å². The Morgan fingerprint density at radius 3 is 2.88 bits per heavy atom. The van der Waals surface area contributed by atoms with Crippen LogP contribution in [-0.4, -0.2) is 38.9 Å². The third-order valence-electron chi connectivity index (χ3n) is 1.92. The van der Waals surface area contributed by atoms with Crippen LogP contribution < -0.4 is 10.6 Å². The summed E-state index contributed by atoms with van der Waals surface area (Å²) in [5, 5.41) is 11.4. The molecule has 1 rings (SSSR count). The van der Waals surface area contributed by atoms with E-state index in [-0.39, 0.29) is 0 Å². The number of amides is 3. The van der Waals surface area contributed by atoms with Crippen molar-refractivity contribution in [3.05, 3.63) is 12.4 Å². The van der Waals surface area contributed by atoms with E-state index >= 15 is 0 Å². The van der Waals surface area contributed by atoms with E-state index in [1.807, 2.05) is 0 Å². The minimum absolute atomic E-state index is 0.440. The normalized spacial score (nSPS) is 11.9. The number of hydrogen-bond acceptors (Lipinski definition) is 4. The molecule has 0 aliphatic rings. The maximum atomic E-state index is 11.2. The van der Waals surface area contributed by atoms with Crippen LogP contribution in [-0.2, 0) is 11.3 Å². The predicted octanol–water partition coefficient (Wildman–Crippen LogP) is 0.121. The molecule has 0 aliphatic heterocycles. The molecule has 94 valence electrons. The average molecular weight is 260 g/mol. The molecule has 0 fully saturated rings. The second-order valence-electron chi connectivity index (χ2n) is 3.38. The molecule has 1 atom stereocenters. The number of aromatic nitrogens is 3. The summed E-state index contributed by atoms with van der Waals surface area (Å²) in [7, 11) is 0. The van der Waals surface area contributed by atoms with E-state index in [9.17, 15) is 9.59 Å². The summed E-state index contributed by atoms with van der Waals surface area (Å²) in [4.78, 5) is 22.2. The Morgan fingerprint density at radius 1 is 1.53 bits per heavy atom. The zero-order valence-electron chi connectivity index (χ0n) is 9.39. The van der Waals surface area contributed by atoms with E-state index in [0.29, 0.717) is 19.5 Å². The first-order valence-corrected chi connectivity index (χ1v) is 5.60. The van der Waals surface area contributed by atoms with Crippen LogP contribution in [0.25, 0.3) is 0 Å². The molecule has 1 aromatic heterocycles. The lowest BCUT2D eigenvalue weighted by atomic mass is 10.4. The van der Waals surface area contributed by atoms with Gasteiger partial charge in [-0.1, -0.05) is 5.21 Å². The van der Waals surface area contributed by atoms with Gasteiger partial charge in [-0.2, -0.15) is 0 Å². The molecule has 17 heavy (non-hydrogen) atoms. The topological polar surface area (TPSA) is 88.9 Å². The van der Waals surface area contributed by atoms with Crippen molar-refractivity contribution in [2.45, 2.75) is 25.3 Å². The predicted molar refractivity (Wildman–Crippen MR) is 61.5 cm³/mol. The maximum Gasteiger partial charge on any atom is 0.321 e. The van der Waals surface area contributed by atoms with E-state index in [1.165, 1.54) is 6.92 Å². The lowest BCUT2D eigenvalue weighted by Gasteiger charge is -2.07. The number of hydrogen-bond donors (Lipinski definition) is 2. The molecule has 1 unspecified atom stereocenters. The quantitative estimate of drug-likeness (QED) is 0.581. The number of halogens is 1. The zero-order valence-corrected chi connectivity index (χ0v) is 10.1. The number of aryl methyl sites for hydroxylation is 1. The fourth-order valence-corrected chi connectivity index (χ4v) is 1.11. The molecular formula is C9H14ClN5O2.